The summed E-state index contributed by atoms with van der Waals surface area (Å²) >= 11 is 0. The molecule has 0 fully saturated rings. The van der Waals surface area contributed by atoms with Crippen LogP contribution in [0, 0.1) is 0 Å². The molecule has 13 heavy (non-hydrogen) atoms. The van der Waals surface area contributed by atoms with Gasteiger partial charge in [0.2, 0.25) is 5.91 Å². The Balaban J connectivity index is 2.36. The van der Waals surface area contributed by atoms with E-state index in [2.05, 4.69) is 11.4 Å². The van der Waals surface area contributed by atoms with Gasteiger partial charge in [-0.05, 0) is 36.5 Å². The van der Waals surface area contributed by atoms with Crippen LogP contribution < -0.4 is 5.32 Å². The molecule has 0 aromatic heterocycles. The molecular formula is C11H13NO. The summed E-state index contributed by atoms with van der Waals surface area (Å²) in [5.41, 5.74) is 3.73. The van der Waals surface area contributed by atoms with E-state index in [4.69, 9.17) is 0 Å². The summed E-state index contributed by atoms with van der Waals surface area (Å²) in [5, 5.41) is 2.87. The fraction of sp³-hybridized carbons (Fsp3) is 0.364. The first-order valence-electron chi connectivity index (χ1n) is 4.66. The number of hydrogen-bond acceptors (Lipinski definition) is 1. The largest absolute Gasteiger partial charge is 0.326 e. The van der Waals surface area contributed by atoms with Crippen molar-refractivity contribution in [1.82, 2.24) is 0 Å². The number of benzene rings is 1. The van der Waals surface area contributed by atoms with Crippen molar-refractivity contribution in [2.75, 3.05) is 5.32 Å². The first-order valence-corrected chi connectivity index (χ1v) is 4.66. The lowest BCUT2D eigenvalue weighted by atomic mass is 10.1. The Bertz CT molecular complexity index is 344. The molecule has 0 bridgehead atoms. The molecule has 1 aromatic carbocycles. The lowest BCUT2D eigenvalue weighted by Gasteiger charge is -2.07. The maximum atomic E-state index is 10.9. The molecular weight excluding hydrogens is 162 g/mol. The van der Waals surface area contributed by atoms with Crippen LogP contribution in [0.4, 0.5) is 5.69 Å². The van der Waals surface area contributed by atoms with Crippen molar-refractivity contribution in [2.45, 2.75) is 26.2 Å². The summed E-state index contributed by atoms with van der Waals surface area (Å²) < 4.78 is 0. The van der Waals surface area contributed by atoms with Crippen molar-refractivity contribution >= 4 is 11.6 Å². The number of amides is 1. The summed E-state index contributed by atoms with van der Waals surface area (Å²) in [5.74, 6) is 0.0142. The third-order valence-electron chi connectivity index (χ3n) is 2.46. The molecule has 0 radical (unpaired) electrons. The minimum Gasteiger partial charge on any atom is -0.326 e. The Kier molecular flexibility index (Phi) is 2.05. The van der Waals surface area contributed by atoms with Crippen LogP contribution in [-0.4, -0.2) is 5.91 Å². The summed E-state index contributed by atoms with van der Waals surface area (Å²) in [6, 6.07) is 6.13. The van der Waals surface area contributed by atoms with Crippen LogP contribution in [0.2, 0.25) is 0 Å². The first-order chi connectivity index (χ1) is 6.27. The second-order valence-corrected chi connectivity index (χ2v) is 3.48. The standard InChI is InChI=1S/C11H13NO/c1-8(13)12-11-7-3-5-9-4-2-6-10(9)11/h3,5,7H,2,4,6H2,1H3,(H,12,13). The molecule has 0 atom stereocenters. The fourth-order valence-corrected chi connectivity index (χ4v) is 1.93. The molecule has 1 amide bonds. The van der Waals surface area contributed by atoms with Gasteiger partial charge in [-0.25, -0.2) is 0 Å². The minimum atomic E-state index is 0.0142. The van der Waals surface area contributed by atoms with Gasteiger partial charge in [0.15, 0.2) is 0 Å². The van der Waals surface area contributed by atoms with E-state index in [-0.39, 0.29) is 5.91 Å². The first kappa shape index (κ1) is 8.30. The molecule has 0 spiro atoms. The van der Waals surface area contributed by atoms with E-state index in [9.17, 15) is 4.79 Å². The SMILES string of the molecule is CC(=O)Nc1cccc2c1CCC2. The molecule has 0 saturated carbocycles. The van der Waals surface area contributed by atoms with E-state index < -0.39 is 0 Å². The van der Waals surface area contributed by atoms with Gasteiger partial charge in [-0.2, -0.15) is 0 Å². The second kappa shape index (κ2) is 3.21. The van der Waals surface area contributed by atoms with Gasteiger partial charge in [-0.1, -0.05) is 12.1 Å². The Morgan fingerprint density at radius 2 is 2.23 bits per heavy atom. The van der Waals surface area contributed by atoms with E-state index in [1.54, 1.807) is 6.92 Å². The molecule has 0 saturated heterocycles. The van der Waals surface area contributed by atoms with Gasteiger partial charge in [0, 0.05) is 12.6 Å². The van der Waals surface area contributed by atoms with Crippen LogP contribution in [0.3, 0.4) is 0 Å². The third-order valence-corrected chi connectivity index (χ3v) is 2.46. The quantitative estimate of drug-likeness (QED) is 0.696. The van der Waals surface area contributed by atoms with Crippen LogP contribution >= 0.6 is 0 Å². The van der Waals surface area contributed by atoms with Gasteiger partial charge >= 0.3 is 0 Å². The number of anilines is 1. The maximum Gasteiger partial charge on any atom is 0.221 e. The molecule has 68 valence electrons. The molecule has 2 rings (SSSR count). The highest BCUT2D eigenvalue weighted by molar-refractivity contribution is 5.89. The molecule has 1 aliphatic carbocycles. The van der Waals surface area contributed by atoms with Gasteiger partial charge < -0.3 is 5.32 Å². The number of carbonyl (C=O) groups excluding carboxylic acids is 1. The lowest BCUT2D eigenvalue weighted by Crippen LogP contribution is -2.07. The van der Waals surface area contributed by atoms with Crippen molar-refractivity contribution < 1.29 is 4.79 Å². The van der Waals surface area contributed by atoms with Crippen molar-refractivity contribution in [3.63, 3.8) is 0 Å². The predicted octanol–water partition coefficient (Wildman–Crippen LogP) is 2.13. The number of rotatable bonds is 1. The molecule has 1 N–H and O–H groups in total. The van der Waals surface area contributed by atoms with Gasteiger partial charge in [-0.15, -0.1) is 0 Å². The summed E-state index contributed by atoms with van der Waals surface area (Å²) in [6.07, 6.45) is 3.47. The maximum absolute atomic E-state index is 10.9. The van der Waals surface area contributed by atoms with Crippen LogP contribution in [-0.2, 0) is 17.6 Å². The van der Waals surface area contributed by atoms with Gasteiger partial charge in [0.1, 0.15) is 0 Å². The zero-order valence-electron chi connectivity index (χ0n) is 7.76. The highest BCUT2D eigenvalue weighted by Crippen LogP contribution is 2.28. The van der Waals surface area contributed by atoms with Crippen LogP contribution in [0.5, 0.6) is 0 Å². The highest BCUT2D eigenvalue weighted by atomic mass is 16.1. The van der Waals surface area contributed by atoms with Gasteiger partial charge in [0.05, 0.1) is 0 Å². The molecule has 2 nitrogen and oxygen atoms in total. The Morgan fingerprint density at radius 1 is 1.38 bits per heavy atom. The lowest BCUT2D eigenvalue weighted by molar-refractivity contribution is -0.114. The summed E-state index contributed by atoms with van der Waals surface area (Å²) in [6.45, 7) is 1.55. The fourth-order valence-electron chi connectivity index (χ4n) is 1.93. The number of fused-ring (bicyclic) bond motifs is 1. The number of nitrogens with one attached hydrogen (secondary N) is 1. The zero-order valence-corrected chi connectivity index (χ0v) is 7.76. The Morgan fingerprint density at radius 3 is 3.00 bits per heavy atom. The summed E-state index contributed by atoms with van der Waals surface area (Å²) in [4.78, 5) is 10.9. The molecule has 1 aliphatic rings. The average Bonchev–Trinajstić information content (AvgIpc) is 2.51. The zero-order chi connectivity index (χ0) is 9.26. The predicted molar refractivity (Wildman–Crippen MR) is 52.8 cm³/mol. The number of carbonyl (C=O) groups is 1. The van der Waals surface area contributed by atoms with Crippen molar-refractivity contribution in [3.05, 3.63) is 29.3 Å². The molecule has 0 heterocycles. The normalized spacial score (nSPS) is 13.9. The number of hydrogen-bond donors (Lipinski definition) is 1. The van der Waals surface area contributed by atoms with E-state index in [1.807, 2.05) is 12.1 Å². The summed E-state index contributed by atoms with van der Waals surface area (Å²) in [7, 11) is 0. The molecule has 0 unspecified atom stereocenters. The van der Waals surface area contributed by atoms with Gasteiger partial charge in [0.25, 0.3) is 0 Å². The van der Waals surface area contributed by atoms with Crippen LogP contribution in [0.1, 0.15) is 24.5 Å². The smallest absolute Gasteiger partial charge is 0.221 e. The van der Waals surface area contributed by atoms with Crippen LogP contribution in [0.25, 0.3) is 0 Å². The topological polar surface area (TPSA) is 29.1 Å². The van der Waals surface area contributed by atoms with Crippen molar-refractivity contribution in [2.24, 2.45) is 0 Å². The molecule has 0 aliphatic heterocycles. The van der Waals surface area contributed by atoms with E-state index in [0.29, 0.717) is 0 Å². The van der Waals surface area contributed by atoms with Crippen molar-refractivity contribution in [1.29, 1.82) is 0 Å². The second-order valence-electron chi connectivity index (χ2n) is 3.48. The Labute approximate surface area is 78.0 Å². The molecule has 2 heteroatoms. The van der Waals surface area contributed by atoms with E-state index >= 15 is 0 Å². The van der Waals surface area contributed by atoms with Gasteiger partial charge in [-0.3, -0.25) is 4.79 Å². The van der Waals surface area contributed by atoms with E-state index in [0.717, 1.165) is 18.5 Å². The third kappa shape index (κ3) is 1.57. The minimum absolute atomic E-state index is 0.0142. The van der Waals surface area contributed by atoms with Crippen LogP contribution in [0.15, 0.2) is 18.2 Å². The Hall–Kier alpha value is -1.31. The van der Waals surface area contributed by atoms with E-state index in [1.165, 1.54) is 17.5 Å². The highest BCUT2D eigenvalue weighted by Gasteiger charge is 2.14. The average molecular weight is 175 g/mol. The number of aryl methyl sites for hydroxylation is 1. The van der Waals surface area contributed by atoms with Crippen molar-refractivity contribution in [3.8, 4) is 0 Å². The monoisotopic (exact) mass is 175 g/mol. The molecule has 1 aromatic rings.